The molecular weight excluding hydrogens is 402 g/mol. The van der Waals surface area contributed by atoms with Gasteiger partial charge in [0.1, 0.15) is 0 Å². The van der Waals surface area contributed by atoms with Crippen LogP contribution in [0.25, 0.3) is 0 Å². The highest BCUT2D eigenvalue weighted by molar-refractivity contribution is 7.89. The number of piperazine rings is 1. The topological polar surface area (TPSA) is 78.9 Å². The van der Waals surface area contributed by atoms with Gasteiger partial charge in [-0.15, -0.1) is 0 Å². The molecule has 1 heterocycles. The lowest BCUT2D eigenvalue weighted by molar-refractivity contribution is 0.0944. The Morgan fingerprint density at radius 1 is 1.03 bits per heavy atom. The van der Waals surface area contributed by atoms with Crippen molar-refractivity contribution in [2.45, 2.75) is 18.2 Å². The molecule has 0 radical (unpaired) electrons. The van der Waals surface area contributed by atoms with E-state index in [1.165, 1.54) is 10.4 Å². The quantitative estimate of drug-likeness (QED) is 0.617. The van der Waals surface area contributed by atoms with Crippen molar-refractivity contribution >= 4 is 21.6 Å². The monoisotopic (exact) mass is 431 g/mol. The number of ether oxygens (including phenoxy) is 1. The minimum Gasteiger partial charge on any atom is -0.382 e. The third-order valence-corrected chi connectivity index (χ3v) is 6.94. The maximum Gasteiger partial charge on any atom is 0.251 e. The van der Waals surface area contributed by atoms with Crippen LogP contribution in [0.4, 0.5) is 5.69 Å². The first-order chi connectivity index (χ1) is 14.5. The molecule has 8 heteroatoms. The van der Waals surface area contributed by atoms with E-state index < -0.39 is 10.0 Å². The van der Waals surface area contributed by atoms with Gasteiger partial charge >= 0.3 is 0 Å². The largest absolute Gasteiger partial charge is 0.382 e. The van der Waals surface area contributed by atoms with Gasteiger partial charge in [-0.05, 0) is 43.7 Å². The van der Waals surface area contributed by atoms with E-state index in [4.69, 9.17) is 4.74 Å². The maximum absolute atomic E-state index is 13.1. The first-order valence-corrected chi connectivity index (χ1v) is 11.7. The van der Waals surface area contributed by atoms with Crippen LogP contribution in [0.15, 0.2) is 59.5 Å². The van der Waals surface area contributed by atoms with Crippen molar-refractivity contribution in [1.82, 2.24) is 9.62 Å². The van der Waals surface area contributed by atoms with Crippen LogP contribution in [0, 0.1) is 0 Å². The van der Waals surface area contributed by atoms with E-state index in [-0.39, 0.29) is 10.8 Å². The summed E-state index contributed by atoms with van der Waals surface area (Å²) in [5.74, 6) is -0.280. The first-order valence-electron chi connectivity index (χ1n) is 10.3. The zero-order chi connectivity index (χ0) is 21.4. The molecule has 2 aromatic carbocycles. The second-order valence-corrected chi connectivity index (χ2v) is 9.00. The molecule has 1 saturated heterocycles. The summed E-state index contributed by atoms with van der Waals surface area (Å²) in [5, 5.41) is 2.81. The molecule has 0 aliphatic carbocycles. The third kappa shape index (κ3) is 5.59. The van der Waals surface area contributed by atoms with Gasteiger partial charge in [0.15, 0.2) is 0 Å². The Labute approximate surface area is 178 Å². The lowest BCUT2D eigenvalue weighted by Crippen LogP contribution is -2.48. The summed E-state index contributed by atoms with van der Waals surface area (Å²) < 4.78 is 32.9. The third-order valence-electron chi connectivity index (χ3n) is 5.05. The Kier molecular flexibility index (Phi) is 7.84. The first kappa shape index (κ1) is 22.3. The van der Waals surface area contributed by atoms with E-state index in [9.17, 15) is 13.2 Å². The van der Waals surface area contributed by atoms with Crippen molar-refractivity contribution < 1.29 is 17.9 Å². The molecule has 1 amide bonds. The van der Waals surface area contributed by atoms with Crippen LogP contribution in [0.1, 0.15) is 23.7 Å². The molecule has 2 aromatic rings. The number of benzene rings is 2. The van der Waals surface area contributed by atoms with Crippen molar-refractivity contribution in [3.05, 3.63) is 60.2 Å². The van der Waals surface area contributed by atoms with Crippen LogP contribution in [0.5, 0.6) is 0 Å². The molecule has 0 spiro atoms. The molecule has 0 bridgehead atoms. The Bertz CT molecular complexity index is 926. The maximum atomic E-state index is 13.1. The van der Waals surface area contributed by atoms with Crippen molar-refractivity contribution in [2.24, 2.45) is 0 Å². The van der Waals surface area contributed by atoms with E-state index in [0.29, 0.717) is 57.9 Å². The highest BCUT2D eigenvalue weighted by atomic mass is 32.2. The van der Waals surface area contributed by atoms with Gasteiger partial charge in [-0.3, -0.25) is 4.79 Å². The number of rotatable bonds is 9. The summed E-state index contributed by atoms with van der Waals surface area (Å²) in [6.45, 7) is 5.71. The summed E-state index contributed by atoms with van der Waals surface area (Å²) in [6, 6.07) is 16.2. The molecule has 3 rings (SSSR count). The Hall–Kier alpha value is -2.42. The minimum atomic E-state index is -3.65. The van der Waals surface area contributed by atoms with E-state index in [1.54, 1.807) is 18.2 Å². The molecular formula is C22H29N3O4S. The summed E-state index contributed by atoms with van der Waals surface area (Å²) in [7, 11) is -3.65. The number of nitrogens with one attached hydrogen (secondary N) is 1. The zero-order valence-corrected chi connectivity index (χ0v) is 18.1. The number of carbonyl (C=O) groups is 1. The van der Waals surface area contributed by atoms with Crippen LogP contribution in [0.3, 0.4) is 0 Å². The lowest BCUT2D eigenvalue weighted by Gasteiger charge is -2.35. The van der Waals surface area contributed by atoms with Crippen LogP contribution in [-0.4, -0.2) is 64.6 Å². The van der Waals surface area contributed by atoms with Gasteiger partial charge in [0, 0.05) is 57.2 Å². The second kappa shape index (κ2) is 10.6. The van der Waals surface area contributed by atoms with Crippen LogP contribution in [-0.2, 0) is 14.8 Å². The van der Waals surface area contributed by atoms with Gasteiger partial charge in [-0.25, -0.2) is 8.42 Å². The molecule has 162 valence electrons. The number of para-hydroxylation sites is 1. The predicted octanol–water partition coefficient (Wildman–Crippen LogP) is 2.35. The summed E-state index contributed by atoms with van der Waals surface area (Å²) >= 11 is 0. The highest BCUT2D eigenvalue weighted by Crippen LogP contribution is 2.21. The summed E-state index contributed by atoms with van der Waals surface area (Å²) in [5.41, 5.74) is 1.44. The number of hydrogen-bond donors (Lipinski definition) is 1. The predicted molar refractivity (Wildman–Crippen MR) is 117 cm³/mol. The smallest absolute Gasteiger partial charge is 0.251 e. The number of anilines is 1. The van der Waals surface area contributed by atoms with Crippen molar-refractivity contribution in [1.29, 1.82) is 0 Å². The lowest BCUT2D eigenvalue weighted by atomic mass is 10.2. The fourth-order valence-corrected chi connectivity index (χ4v) is 4.86. The highest BCUT2D eigenvalue weighted by Gasteiger charge is 2.29. The minimum absolute atomic E-state index is 0.151. The number of nitrogens with zero attached hydrogens (tertiary/aromatic N) is 2. The molecule has 7 nitrogen and oxygen atoms in total. The normalized spacial score (nSPS) is 15.2. The number of hydrogen-bond acceptors (Lipinski definition) is 5. The molecule has 0 atom stereocenters. The molecule has 0 saturated carbocycles. The van der Waals surface area contributed by atoms with Gasteiger partial charge in [0.05, 0.1) is 4.90 Å². The summed E-state index contributed by atoms with van der Waals surface area (Å²) in [6.07, 6.45) is 0.712. The van der Waals surface area contributed by atoms with Crippen molar-refractivity contribution in [3.8, 4) is 0 Å². The van der Waals surface area contributed by atoms with E-state index in [0.717, 1.165) is 5.69 Å². The fourth-order valence-electron chi connectivity index (χ4n) is 3.39. The second-order valence-electron chi connectivity index (χ2n) is 7.06. The Balaban J connectivity index is 1.61. The number of carbonyl (C=O) groups excluding carboxylic acids is 1. The average Bonchev–Trinajstić information content (AvgIpc) is 2.79. The number of amides is 1. The van der Waals surface area contributed by atoms with Crippen LogP contribution >= 0.6 is 0 Å². The molecule has 1 fully saturated rings. The summed E-state index contributed by atoms with van der Waals surface area (Å²) in [4.78, 5) is 14.7. The van der Waals surface area contributed by atoms with Gasteiger partial charge in [-0.2, -0.15) is 4.31 Å². The van der Waals surface area contributed by atoms with Crippen LogP contribution < -0.4 is 10.2 Å². The van der Waals surface area contributed by atoms with E-state index >= 15 is 0 Å². The SMILES string of the molecule is CCOCCCNC(=O)c1cccc(S(=O)(=O)N2CCN(c3ccccc3)CC2)c1. The van der Waals surface area contributed by atoms with E-state index in [2.05, 4.69) is 10.2 Å². The Morgan fingerprint density at radius 2 is 1.77 bits per heavy atom. The van der Waals surface area contributed by atoms with Gasteiger partial charge in [-0.1, -0.05) is 24.3 Å². The van der Waals surface area contributed by atoms with Crippen molar-refractivity contribution in [3.63, 3.8) is 0 Å². The van der Waals surface area contributed by atoms with Crippen LogP contribution in [0.2, 0.25) is 0 Å². The van der Waals surface area contributed by atoms with Gasteiger partial charge in [0.25, 0.3) is 5.91 Å². The van der Waals surface area contributed by atoms with Crippen molar-refractivity contribution in [2.75, 3.05) is 50.8 Å². The molecule has 0 aromatic heterocycles. The van der Waals surface area contributed by atoms with Gasteiger partial charge in [0.2, 0.25) is 10.0 Å². The molecule has 1 aliphatic rings. The van der Waals surface area contributed by atoms with E-state index in [1.807, 2.05) is 37.3 Å². The molecule has 1 N–H and O–H groups in total. The molecule has 30 heavy (non-hydrogen) atoms. The zero-order valence-electron chi connectivity index (χ0n) is 17.3. The fraction of sp³-hybridized carbons (Fsp3) is 0.409. The number of sulfonamides is 1. The average molecular weight is 432 g/mol. The standard InChI is InChI=1S/C22H29N3O4S/c1-2-29-17-7-12-23-22(26)19-8-6-11-21(18-19)30(27,28)25-15-13-24(14-16-25)20-9-4-3-5-10-20/h3-6,8-11,18H,2,7,12-17H2,1H3,(H,23,26). The molecule has 1 aliphatic heterocycles. The molecule has 0 unspecified atom stereocenters. The van der Waals surface area contributed by atoms with Gasteiger partial charge < -0.3 is 15.0 Å². The Morgan fingerprint density at radius 3 is 2.47 bits per heavy atom.